The van der Waals surface area contributed by atoms with Gasteiger partial charge in [-0.2, -0.15) is 5.10 Å². The molecule has 0 spiro atoms. The quantitative estimate of drug-likeness (QED) is 0.906. The minimum atomic E-state index is 0. The van der Waals surface area contributed by atoms with Crippen LogP contribution >= 0.6 is 28.3 Å². The number of likely N-dealkylation sites (tertiary alicyclic amines) is 1. The first-order chi connectivity index (χ1) is 8.61. The maximum absolute atomic E-state index is 5.67. The number of nitrogens with zero attached hydrogens (tertiary/aromatic N) is 3. The SMILES string of the molecule is Cc1nn(C)c(CN2CCCC(CCN)C2)c1Br.Cl. The van der Waals surface area contributed by atoms with Crippen molar-refractivity contribution in [2.75, 3.05) is 19.6 Å². The molecule has 2 heterocycles. The van der Waals surface area contributed by atoms with E-state index in [1.807, 2.05) is 18.7 Å². The molecule has 0 saturated carbocycles. The lowest BCUT2D eigenvalue weighted by Crippen LogP contribution is -2.36. The molecule has 0 aromatic carbocycles. The van der Waals surface area contributed by atoms with E-state index in [4.69, 9.17) is 5.73 Å². The smallest absolute Gasteiger partial charge is 0.0739 e. The van der Waals surface area contributed by atoms with Gasteiger partial charge in [0.05, 0.1) is 15.9 Å². The van der Waals surface area contributed by atoms with Crippen LogP contribution in [0.3, 0.4) is 0 Å². The van der Waals surface area contributed by atoms with E-state index >= 15 is 0 Å². The van der Waals surface area contributed by atoms with E-state index in [2.05, 4.69) is 25.9 Å². The summed E-state index contributed by atoms with van der Waals surface area (Å²) in [6.07, 6.45) is 3.78. The Hall–Kier alpha value is -0.100. The molecule has 2 N–H and O–H groups in total. The molecule has 110 valence electrons. The van der Waals surface area contributed by atoms with Crippen molar-refractivity contribution < 1.29 is 0 Å². The third-order valence-corrected chi connectivity index (χ3v) is 4.84. The number of aryl methyl sites for hydroxylation is 2. The molecule has 2 rings (SSSR count). The molecule has 1 saturated heterocycles. The lowest BCUT2D eigenvalue weighted by molar-refractivity contribution is 0.159. The minimum Gasteiger partial charge on any atom is -0.330 e. The monoisotopic (exact) mass is 350 g/mol. The molecule has 1 atom stereocenters. The summed E-state index contributed by atoms with van der Waals surface area (Å²) < 4.78 is 3.15. The molecular formula is C13H24BrClN4. The Labute approximate surface area is 130 Å². The Bertz CT molecular complexity index is 406. The van der Waals surface area contributed by atoms with Gasteiger partial charge in [-0.3, -0.25) is 9.58 Å². The Morgan fingerprint density at radius 2 is 2.21 bits per heavy atom. The van der Waals surface area contributed by atoms with Gasteiger partial charge in [-0.15, -0.1) is 12.4 Å². The van der Waals surface area contributed by atoms with Crippen LogP contribution in [0.1, 0.15) is 30.7 Å². The van der Waals surface area contributed by atoms with Gasteiger partial charge in [-0.1, -0.05) is 0 Å². The molecule has 0 radical (unpaired) electrons. The Balaban J connectivity index is 0.00000180. The van der Waals surface area contributed by atoms with Crippen molar-refractivity contribution in [2.24, 2.45) is 18.7 Å². The maximum Gasteiger partial charge on any atom is 0.0739 e. The molecule has 6 heteroatoms. The van der Waals surface area contributed by atoms with Gasteiger partial charge < -0.3 is 5.73 Å². The van der Waals surface area contributed by atoms with E-state index in [1.165, 1.54) is 31.6 Å². The van der Waals surface area contributed by atoms with Crippen molar-refractivity contribution in [3.8, 4) is 0 Å². The number of nitrogens with two attached hydrogens (primary N) is 1. The fraction of sp³-hybridized carbons (Fsp3) is 0.769. The second-order valence-corrected chi connectivity index (χ2v) is 6.08. The first kappa shape index (κ1) is 17.0. The lowest BCUT2D eigenvalue weighted by Gasteiger charge is -2.32. The van der Waals surface area contributed by atoms with Crippen molar-refractivity contribution in [1.82, 2.24) is 14.7 Å². The topological polar surface area (TPSA) is 47.1 Å². The zero-order chi connectivity index (χ0) is 13.1. The normalized spacial score (nSPS) is 20.3. The maximum atomic E-state index is 5.67. The molecule has 0 aliphatic carbocycles. The van der Waals surface area contributed by atoms with Gasteiger partial charge in [-0.05, 0) is 61.1 Å². The van der Waals surface area contributed by atoms with Crippen LogP contribution in [0.25, 0.3) is 0 Å². The zero-order valence-corrected chi connectivity index (χ0v) is 14.1. The van der Waals surface area contributed by atoms with Crippen molar-refractivity contribution in [2.45, 2.75) is 32.7 Å². The van der Waals surface area contributed by atoms with E-state index in [0.717, 1.165) is 35.6 Å². The molecule has 4 nitrogen and oxygen atoms in total. The molecule has 19 heavy (non-hydrogen) atoms. The number of hydrogen-bond donors (Lipinski definition) is 1. The average Bonchev–Trinajstić information content (AvgIpc) is 2.57. The lowest BCUT2D eigenvalue weighted by atomic mass is 9.95. The van der Waals surface area contributed by atoms with Gasteiger partial charge in [-0.25, -0.2) is 0 Å². The van der Waals surface area contributed by atoms with Gasteiger partial charge in [0, 0.05) is 20.1 Å². The minimum absolute atomic E-state index is 0. The molecule has 1 aliphatic heterocycles. The highest BCUT2D eigenvalue weighted by atomic mass is 79.9. The second-order valence-electron chi connectivity index (χ2n) is 5.29. The van der Waals surface area contributed by atoms with Gasteiger partial charge >= 0.3 is 0 Å². The van der Waals surface area contributed by atoms with Gasteiger partial charge in [0.1, 0.15) is 0 Å². The average molecular weight is 352 g/mol. The molecule has 1 aromatic rings. The number of hydrogen-bond acceptors (Lipinski definition) is 3. The number of piperidine rings is 1. The van der Waals surface area contributed by atoms with E-state index in [9.17, 15) is 0 Å². The van der Waals surface area contributed by atoms with E-state index in [1.54, 1.807) is 0 Å². The predicted octanol–water partition coefficient (Wildman–Crippen LogP) is 2.47. The van der Waals surface area contributed by atoms with Crippen LogP contribution in [0.5, 0.6) is 0 Å². The van der Waals surface area contributed by atoms with Crippen molar-refractivity contribution in [3.05, 3.63) is 15.9 Å². The van der Waals surface area contributed by atoms with Gasteiger partial charge in [0.15, 0.2) is 0 Å². The number of aromatic nitrogens is 2. The van der Waals surface area contributed by atoms with E-state index in [0.29, 0.717) is 0 Å². The molecule has 1 aromatic heterocycles. The van der Waals surface area contributed by atoms with Crippen molar-refractivity contribution in [1.29, 1.82) is 0 Å². The third kappa shape index (κ3) is 4.18. The van der Waals surface area contributed by atoms with Crippen LogP contribution in [0.2, 0.25) is 0 Å². The highest BCUT2D eigenvalue weighted by molar-refractivity contribution is 9.10. The highest BCUT2D eigenvalue weighted by Crippen LogP contribution is 2.25. The summed E-state index contributed by atoms with van der Waals surface area (Å²) in [6.45, 7) is 6.21. The van der Waals surface area contributed by atoms with E-state index in [-0.39, 0.29) is 12.4 Å². The highest BCUT2D eigenvalue weighted by Gasteiger charge is 2.21. The fourth-order valence-electron chi connectivity index (χ4n) is 2.83. The first-order valence-corrected chi connectivity index (χ1v) is 7.51. The summed E-state index contributed by atoms with van der Waals surface area (Å²) in [5.41, 5.74) is 8.02. The molecule has 1 aliphatic rings. The Kier molecular flexibility index (Phi) is 6.80. The molecule has 0 amide bonds. The third-order valence-electron chi connectivity index (χ3n) is 3.81. The number of halogens is 2. The van der Waals surface area contributed by atoms with Crippen LogP contribution in [0.4, 0.5) is 0 Å². The zero-order valence-electron chi connectivity index (χ0n) is 11.7. The Morgan fingerprint density at radius 1 is 1.47 bits per heavy atom. The second kappa shape index (κ2) is 7.62. The number of rotatable bonds is 4. The van der Waals surface area contributed by atoms with Crippen LogP contribution in [-0.2, 0) is 13.6 Å². The summed E-state index contributed by atoms with van der Waals surface area (Å²) in [5, 5.41) is 4.45. The summed E-state index contributed by atoms with van der Waals surface area (Å²) in [5.74, 6) is 0.775. The largest absolute Gasteiger partial charge is 0.330 e. The summed E-state index contributed by atoms with van der Waals surface area (Å²) in [7, 11) is 2.02. The fourth-order valence-corrected chi connectivity index (χ4v) is 3.29. The van der Waals surface area contributed by atoms with Crippen LogP contribution in [0.15, 0.2) is 4.47 Å². The van der Waals surface area contributed by atoms with Crippen LogP contribution in [-0.4, -0.2) is 34.3 Å². The van der Waals surface area contributed by atoms with Crippen LogP contribution in [0, 0.1) is 12.8 Å². The van der Waals surface area contributed by atoms with Gasteiger partial charge in [0.2, 0.25) is 0 Å². The predicted molar refractivity (Wildman–Crippen MR) is 84.6 cm³/mol. The first-order valence-electron chi connectivity index (χ1n) is 6.72. The Morgan fingerprint density at radius 3 is 2.79 bits per heavy atom. The molecule has 1 fully saturated rings. The van der Waals surface area contributed by atoms with E-state index < -0.39 is 0 Å². The van der Waals surface area contributed by atoms with Crippen molar-refractivity contribution >= 4 is 28.3 Å². The summed E-state index contributed by atoms with van der Waals surface area (Å²) >= 11 is 3.64. The van der Waals surface area contributed by atoms with Crippen LogP contribution < -0.4 is 5.73 Å². The molecular weight excluding hydrogens is 328 g/mol. The summed E-state index contributed by atoms with van der Waals surface area (Å²) in [4.78, 5) is 2.53. The summed E-state index contributed by atoms with van der Waals surface area (Å²) in [6, 6.07) is 0. The molecule has 0 bridgehead atoms. The standard InChI is InChI=1S/C13H23BrN4.ClH/c1-10-13(14)12(17(2)16-10)9-18-7-3-4-11(8-18)5-6-15;/h11H,3-9,15H2,1-2H3;1H. The van der Waals surface area contributed by atoms with Crippen molar-refractivity contribution in [3.63, 3.8) is 0 Å². The van der Waals surface area contributed by atoms with Gasteiger partial charge in [0.25, 0.3) is 0 Å². The molecule has 1 unspecified atom stereocenters.